The van der Waals surface area contributed by atoms with E-state index in [1.165, 1.54) is 32.1 Å². The number of rotatable bonds is 4. The van der Waals surface area contributed by atoms with Crippen molar-refractivity contribution in [3.8, 4) is 11.5 Å². The van der Waals surface area contributed by atoms with E-state index in [2.05, 4.69) is 10.1 Å². The van der Waals surface area contributed by atoms with Crippen molar-refractivity contribution in [3.05, 3.63) is 29.6 Å². The first-order valence-electron chi connectivity index (χ1n) is 7.53. The number of nitrogens with two attached hydrogens (primary N) is 1. The zero-order valence-electron chi connectivity index (χ0n) is 12.3. The highest BCUT2D eigenvalue weighted by molar-refractivity contribution is 7.99. The molecule has 0 unspecified atom stereocenters. The molecule has 0 saturated heterocycles. The summed E-state index contributed by atoms with van der Waals surface area (Å²) in [4.78, 5) is 4.48. The zero-order valence-corrected chi connectivity index (χ0v) is 13.2. The Bertz CT molecular complexity index is 605. The van der Waals surface area contributed by atoms with Crippen LogP contribution in [0.5, 0.6) is 0 Å². The van der Waals surface area contributed by atoms with Gasteiger partial charge in [-0.3, -0.25) is 0 Å². The number of nitrogens with zero attached hydrogens (tertiary/aromatic N) is 2. The van der Waals surface area contributed by atoms with Crippen LogP contribution in [0.1, 0.15) is 43.5 Å². The summed E-state index contributed by atoms with van der Waals surface area (Å²) in [6.45, 7) is 1.99. The summed E-state index contributed by atoms with van der Waals surface area (Å²) in [5, 5.41) is 4.84. The van der Waals surface area contributed by atoms with Gasteiger partial charge >= 0.3 is 0 Å². The Kier molecular flexibility index (Phi) is 4.48. The molecule has 1 aliphatic rings. The summed E-state index contributed by atoms with van der Waals surface area (Å²) in [5.41, 5.74) is 8.63. The maximum absolute atomic E-state index is 5.93. The lowest BCUT2D eigenvalue weighted by Crippen LogP contribution is -2.08. The van der Waals surface area contributed by atoms with Crippen molar-refractivity contribution >= 4 is 17.4 Å². The number of hydrogen-bond acceptors (Lipinski definition) is 5. The Hall–Kier alpha value is -1.49. The van der Waals surface area contributed by atoms with Crippen LogP contribution in [-0.2, 0) is 5.75 Å². The van der Waals surface area contributed by atoms with Crippen molar-refractivity contribution in [1.29, 1.82) is 0 Å². The molecule has 2 aromatic rings. The van der Waals surface area contributed by atoms with Crippen LogP contribution in [0.4, 0.5) is 5.69 Å². The zero-order chi connectivity index (χ0) is 14.7. The molecule has 0 bridgehead atoms. The standard InChI is InChI=1S/C16H21N3OS/c1-11-7-8-12(9-14(11)17)16-18-15(19-20-16)10-21-13-5-3-2-4-6-13/h7-9,13H,2-6,10,17H2,1H3. The molecule has 1 aromatic carbocycles. The predicted octanol–water partition coefficient (Wildman–Crippen LogP) is 4.19. The van der Waals surface area contributed by atoms with Crippen LogP contribution in [0.15, 0.2) is 22.7 Å². The van der Waals surface area contributed by atoms with E-state index in [1.807, 2.05) is 36.9 Å². The summed E-state index contributed by atoms with van der Waals surface area (Å²) in [6, 6.07) is 5.84. The molecule has 0 spiro atoms. The maximum Gasteiger partial charge on any atom is 0.258 e. The number of benzene rings is 1. The molecule has 2 N–H and O–H groups in total. The summed E-state index contributed by atoms with van der Waals surface area (Å²) in [5.74, 6) is 2.16. The molecule has 0 amide bonds. The average Bonchev–Trinajstić information content (AvgIpc) is 2.98. The molecule has 1 saturated carbocycles. The van der Waals surface area contributed by atoms with E-state index in [-0.39, 0.29) is 0 Å². The van der Waals surface area contributed by atoms with Crippen molar-refractivity contribution in [2.75, 3.05) is 5.73 Å². The first-order chi connectivity index (χ1) is 10.2. The molecule has 1 aromatic heterocycles. The van der Waals surface area contributed by atoms with Gasteiger partial charge in [-0.2, -0.15) is 16.7 Å². The van der Waals surface area contributed by atoms with E-state index in [1.54, 1.807) is 0 Å². The number of aryl methyl sites for hydroxylation is 1. The summed E-state index contributed by atoms with van der Waals surface area (Å²) in [6.07, 6.45) is 6.75. The number of hydrogen-bond donors (Lipinski definition) is 1. The molecule has 0 radical (unpaired) electrons. The van der Waals surface area contributed by atoms with E-state index in [0.717, 1.165) is 33.6 Å². The van der Waals surface area contributed by atoms with E-state index in [9.17, 15) is 0 Å². The molecule has 1 fully saturated rings. The van der Waals surface area contributed by atoms with Gasteiger partial charge in [0.15, 0.2) is 5.82 Å². The van der Waals surface area contributed by atoms with Crippen LogP contribution in [0.2, 0.25) is 0 Å². The second-order valence-corrected chi connectivity index (χ2v) is 6.95. The van der Waals surface area contributed by atoms with Gasteiger partial charge in [0.1, 0.15) is 0 Å². The van der Waals surface area contributed by atoms with Crippen molar-refractivity contribution in [1.82, 2.24) is 10.1 Å². The van der Waals surface area contributed by atoms with Crippen molar-refractivity contribution in [2.24, 2.45) is 0 Å². The van der Waals surface area contributed by atoms with Crippen molar-refractivity contribution in [2.45, 2.75) is 50.0 Å². The van der Waals surface area contributed by atoms with E-state index in [0.29, 0.717) is 5.89 Å². The quantitative estimate of drug-likeness (QED) is 0.858. The smallest absolute Gasteiger partial charge is 0.258 e. The highest BCUT2D eigenvalue weighted by Gasteiger charge is 2.16. The monoisotopic (exact) mass is 303 g/mol. The molecular weight excluding hydrogens is 282 g/mol. The third-order valence-electron chi connectivity index (χ3n) is 3.99. The lowest BCUT2D eigenvalue weighted by atomic mass is 10.0. The van der Waals surface area contributed by atoms with Crippen LogP contribution in [0.25, 0.3) is 11.5 Å². The molecule has 5 heteroatoms. The molecule has 0 aliphatic heterocycles. The molecule has 112 valence electrons. The van der Waals surface area contributed by atoms with Gasteiger partial charge in [-0.1, -0.05) is 30.5 Å². The molecule has 3 rings (SSSR count). The fraction of sp³-hybridized carbons (Fsp3) is 0.500. The second kappa shape index (κ2) is 6.52. The number of nitrogen functional groups attached to an aromatic ring is 1. The van der Waals surface area contributed by atoms with Gasteiger partial charge in [-0.05, 0) is 37.5 Å². The summed E-state index contributed by atoms with van der Waals surface area (Å²) >= 11 is 1.95. The first kappa shape index (κ1) is 14.4. The largest absolute Gasteiger partial charge is 0.398 e. The van der Waals surface area contributed by atoms with Gasteiger partial charge in [0.25, 0.3) is 5.89 Å². The highest BCUT2D eigenvalue weighted by Crippen LogP contribution is 2.30. The Balaban J connectivity index is 1.63. The summed E-state index contributed by atoms with van der Waals surface area (Å²) in [7, 11) is 0. The lowest BCUT2D eigenvalue weighted by Gasteiger charge is -2.19. The normalized spacial score (nSPS) is 16.2. The van der Waals surface area contributed by atoms with Gasteiger partial charge in [0, 0.05) is 16.5 Å². The minimum absolute atomic E-state index is 0.556. The Morgan fingerprint density at radius 2 is 2.10 bits per heavy atom. The topological polar surface area (TPSA) is 64.9 Å². The second-order valence-electron chi connectivity index (χ2n) is 5.66. The Morgan fingerprint density at radius 3 is 2.86 bits per heavy atom. The molecule has 0 atom stereocenters. The van der Waals surface area contributed by atoms with Crippen LogP contribution in [-0.4, -0.2) is 15.4 Å². The Morgan fingerprint density at radius 1 is 1.29 bits per heavy atom. The minimum atomic E-state index is 0.556. The molecule has 4 nitrogen and oxygen atoms in total. The van der Waals surface area contributed by atoms with E-state index >= 15 is 0 Å². The van der Waals surface area contributed by atoms with Gasteiger partial charge < -0.3 is 10.3 Å². The van der Waals surface area contributed by atoms with Gasteiger partial charge in [0.05, 0.1) is 5.75 Å². The fourth-order valence-corrected chi connectivity index (χ4v) is 3.80. The van der Waals surface area contributed by atoms with Gasteiger partial charge in [-0.15, -0.1) is 0 Å². The van der Waals surface area contributed by atoms with Crippen LogP contribution in [0.3, 0.4) is 0 Å². The van der Waals surface area contributed by atoms with Crippen LogP contribution in [0, 0.1) is 6.92 Å². The number of anilines is 1. The SMILES string of the molecule is Cc1ccc(-c2nc(CSC3CCCCC3)no2)cc1N. The van der Waals surface area contributed by atoms with E-state index in [4.69, 9.17) is 10.3 Å². The molecule has 21 heavy (non-hydrogen) atoms. The average molecular weight is 303 g/mol. The molecule has 1 aliphatic carbocycles. The van der Waals surface area contributed by atoms with Crippen molar-refractivity contribution < 1.29 is 4.52 Å². The predicted molar refractivity (Wildman–Crippen MR) is 87.1 cm³/mol. The third-order valence-corrected chi connectivity index (χ3v) is 5.36. The maximum atomic E-state index is 5.93. The minimum Gasteiger partial charge on any atom is -0.398 e. The van der Waals surface area contributed by atoms with Gasteiger partial charge in [-0.25, -0.2) is 0 Å². The highest BCUT2D eigenvalue weighted by atomic mass is 32.2. The van der Waals surface area contributed by atoms with Crippen LogP contribution >= 0.6 is 11.8 Å². The fourth-order valence-electron chi connectivity index (χ4n) is 2.63. The third kappa shape index (κ3) is 3.59. The molecule has 1 heterocycles. The molecular formula is C16H21N3OS. The Labute approximate surface area is 129 Å². The van der Waals surface area contributed by atoms with E-state index < -0.39 is 0 Å². The lowest BCUT2D eigenvalue weighted by molar-refractivity contribution is 0.425. The van der Waals surface area contributed by atoms with Crippen LogP contribution < -0.4 is 5.73 Å². The van der Waals surface area contributed by atoms with Gasteiger partial charge in [0.2, 0.25) is 0 Å². The first-order valence-corrected chi connectivity index (χ1v) is 8.58. The number of aromatic nitrogens is 2. The number of thioether (sulfide) groups is 1. The summed E-state index contributed by atoms with van der Waals surface area (Å²) < 4.78 is 5.36. The van der Waals surface area contributed by atoms with Crippen molar-refractivity contribution in [3.63, 3.8) is 0 Å².